The molecule has 0 bridgehead atoms. The number of nitrogens with zero attached hydrogens (tertiary/aromatic N) is 3. The van der Waals surface area contributed by atoms with Crippen molar-refractivity contribution in [3.8, 4) is 0 Å². The van der Waals surface area contributed by atoms with Crippen LogP contribution in [-0.4, -0.2) is 20.2 Å². The van der Waals surface area contributed by atoms with E-state index in [1.807, 2.05) is 13.0 Å². The van der Waals surface area contributed by atoms with Crippen LogP contribution in [0.5, 0.6) is 0 Å². The second-order valence-corrected chi connectivity index (χ2v) is 4.43. The number of aromatic amines is 1. The van der Waals surface area contributed by atoms with Crippen LogP contribution >= 0.6 is 11.8 Å². The summed E-state index contributed by atoms with van der Waals surface area (Å²) in [6, 6.07) is 5.35. The van der Waals surface area contributed by atoms with E-state index < -0.39 is 0 Å². The molecule has 0 saturated carbocycles. The van der Waals surface area contributed by atoms with Crippen molar-refractivity contribution in [1.29, 1.82) is 0 Å². The van der Waals surface area contributed by atoms with Crippen molar-refractivity contribution in [1.82, 2.24) is 20.2 Å². The molecule has 6 nitrogen and oxygen atoms in total. The lowest BCUT2D eigenvalue weighted by molar-refractivity contribution is 0.489. The van der Waals surface area contributed by atoms with E-state index >= 15 is 0 Å². The third kappa shape index (κ3) is 1.96. The zero-order chi connectivity index (χ0) is 11.8. The lowest BCUT2D eigenvalue weighted by Crippen LogP contribution is -1.81. The highest BCUT2D eigenvalue weighted by molar-refractivity contribution is 7.98. The number of fused-ring (bicyclic) bond motifs is 1. The number of H-pyrrole nitrogens is 1. The largest absolute Gasteiger partial charge is 0.431 e. The van der Waals surface area contributed by atoms with E-state index in [9.17, 15) is 0 Å². The molecule has 0 unspecified atom stereocenters. The summed E-state index contributed by atoms with van der Waals surface area (Å²) in [5.41, 5.74) is 7.76. The Labute approximate surface area is 101 Å². The number of anilines is 1. The number of aryl methyl sites for hydroxylation is 1. The van der Waals surface area contributed by atoms with Gasteiger partial charge in [0.05, 0.1) is 0 Å². The molecule has 2 aromatic heterocycles. The number of hydrogen-bond donors (Lipinski definition) is 2. The van der Waals surface area contributed by atoms with Crippen LogP contribution in [0, 0.1) is 6.92 Å². The van der Waals surface area contributed by atoms with Gasteiger partial charge in [-0.2, -0.15) is 0 Å². The van der Waals surface area contributed by atoms with E-state index in [-0.39, 0.29) is 0 Å². The van der Waals surface area contributed by atoms with Crippen molar-refractivity contribution < 1.29 is 4.42 Å². The molecule has 3 aromatic rings. The molecule has 0 radical (unpaired) electrons. The van der Waals surface area contributed by atoms with Crippen LogP contribution in [0.4, 0.5) is 5.69 Å². The van der Waals surface area contributed by atoms with Gasteiger partial charge in [0.15, 0.2) is 5.58 Å². The van der Waals surface area contributed by atoms with Gasteiger partial charge < -0.3 is 10.2 Å². The van der Waals surface area contributed by atoms with Gasteiger partial charge in [0.2, 0.25) is 5.16 Å². The first kappa shape index (κ1) is 10.2. The Balaban J connectivity index is 1.95. The highest BCUT2D eigenvalue weighted by Gasteiger charge is 2.10. The minimum atomic E-state index is 0.504. The van der Waals surface area contributed by atoms with Crippen molar-refractivity contribution in [3.05, 3.63) is 24.0 Å². The predicted molar refractivity (Wildman–Crippen MR) is 63.7 cm³/mol. The number of nitrogens with one attached hydrogen (secondary N) is 1. The monoisotopic (exact) mass is 247 g/mol. The summed E-state index contributed by atoms with van der Waals surface area (Å²) in [5.74, 6) is 0.757. The maximum absolute atomic E-state index is 5.66. The highest BCUT2D eigenvalue weighted by Crippen LogP contribution is 2.28. The van der Waals surface area contributed by atoms with Gasteiger partial charge in [-0.15, -0.1) is 5.10 Å². The van der Waals surface area contributed by atoms with Crippen LogP contribution < -0.4 is 5.73 Å². The Morgan fingerprint density at radius 1 is 1.35 bits per heavy atom. The van der Waals surface area contributed by atoms with Gasteiger partial charge in [-0.05, 0) is 19.1 Å². The molecule has 0 aliphatic rings. The van der Waals surface area contributed by atoms with Crippen molar-refractivity contribution in [2.75, 3.05) is 5.73 Å². The molecule has 7 heteroatoms. The van der Waals surface area contributed by atoms with Gasteiger partial charge in [-0.25, -0.2) is 9.97 Å². The van der Waals surface area contributed by atoms with Gasteiger partial charge in [-0.1, -0.05) is 0 Å². The third-order valence-corrected chi connectivity index (χ3v) is 2.86. The maximum Gasteiger partial charge on any atom is 0.264 e. The standard InChI is InChI=1S/C10H9N5OS/c1-5-12-9(15-14-5)17-10-13-7-3-2-6(11)4-8(7)16-10/h2-4H,11H2,1H3,(H,12,14,15). The molecule has 3 rings (SSSR count). The molecule has 0 aliphatic heterocycles. The summed E-state index contributed by atoms with van der Waals surface area (Å²) in [4.78, 5) is 8.47. The van der Waals surface area contributed by atoms with E-state index in [0.29, 0.717) is 21.6 Å². The topological polar surface area (TPSA) is 93.6 Å². The zero-order valence-electron chi connectivity index (χ0n) is 8.97. The molecule has 2 heterocycles. The Morgan fingerprint density at radius 3 is 3.00 bits per heavy atom. The number of nitrogen functional groups attached to an aromatic ring is 1. The molecular formula is C10H9N5OS. The number of aromatic nitrogens is 4. The van der Waals surface area contributed by atoms with Crippen LogP contribution in [-0.2, 0) is 0 Å². The van der Waals surface area contributed by atoms with Gasteiger partial charge >= 0.3 is 0 Å². The smallest absolute Gasteiger partial charge is 0.264 e. The summed E-state index contributed by atoms with van der Waals surface area (Å²) in [6.07, 6.45) is 0. The molecule has 3 N–H and O–H groups in total. The van der Waals surface area contributed by atoms with Crippen molar-refractivity contribution in [3.63, 3.8) is 0 Å². The second-order valence-electron chi connectivity index (χ2n) is 3.51. The Kier molecular flexibility index (Phi) is 2.25. The van der Waals surface area contributed by atoms with Crippen LogP contribution in [0.2, 0.25) is 0 Å². The number of rotatable bonds is 2. The fourth-order valence-corrected chi connectivity index (χ4v) is 2.12. The van der Waals surface area contributed by atoms with Crippen LogP contribution in [0.15, 0.2) is 33.0 Å². The van der Waals surface area contributed by atoms with Crippen LogP contribution in [0.25, 0.3) is 11.1 Å². The lowest BCUT2D eigenvalue weighted by atomic mass is 10.3. The molecule has 1 aromatic carbocycles. The summed E-state index contributed by atoms with van der Waals surface area (Å²) >= 11 is 1.27. The second kappa shape index (κ2) is 3.77. The van der Waals surface area contributed by atoms with E-state index in [2.05, 4.69) is 20.2 Å². The fourth-order valence-electron chi connectivity index (χ4n) is 1.41. The Hall–Kier alpha value is -2.02. The van der Waals surface area contributed by atoms with Gasteiger partial charge in [0.25, 0.3) is 5.22 Å². The highest BCUT2D eigenvalue weighted by atomic mass is 32.2. The first-order valence-corrected chi connectivity index (χ1v) is 5.75. The third-order valence-electron chi connectivity index (χ3n) is 2.15. The molecule has 17 heavy (non-hydrogen) atoms. The van der Waals surface area contributed by atoms with E-state index in [0.717, 1.165) is 11.3 Å². The zero-order valence-corrected chi connectivity index (χ0v) is 9.78. The molecule has 86 valence electrons. The normalized spacial score (nSPS) is 11.1. The fraction of sp³-hybridized carbons (Fsp3) is 0.100. The van der Waals surface area contributed by atoms with Gasteiger partial charge in [0, 0.05) is 23.5 Å². The number of oxazole rings is 1. The van der Waals surface area contributed by atoms with E-state index in [4.69, 9.17) is 10.2 Å². The minimum absolute atomic E-state index is 0.504. The summed E-state index contributed by atoms with van der Waals surface area (Å²) < 4.78 is 5.54. The first-order chi connectivity index (χ1) is 8.20. The Bertz CT molecular complexity index is 674. The molecular weight excluding hydrogens is 238 g/mol. The first-order valence-electron chi connectivity index (χ1n) is 4.93. The molecule has 0 fully saturated rings. The molecule has 0 aliphatic carbocycles. The molecule has 0 amide bonds. The van der Waals surface area contributed by atoms with Crippen molar-refractivity contribution >= 4 is 28.5 Å². The predicted octanol–water partition coefficient (Wildman–Crippen LogP) is 1.99. The number of benzene rings is 1. The molecule has 0 spiro atoms. The summed E-state index contributed by atoms with van der Waals surface area (Å²) in [7, 11) is 0. The summed E-state index contributed by atoms with van der Waals surface area (Å²) in [5, 5.41) is 7.85. The molecule has 0 atom stereocenters. The molecule has 0 saturated heterocycles. The average Bonchev–Trinajstić information content (AvgIpc) is 2.84. The number of nitrogens with two attached hydrogens (primary N) is 1. The van der Waals surface area contributed by atoms with E-state index in [1.54, 1.807) is 12.1 Å². The maximum atomic E-state index is 5.66. The van der Waals surface area contributed by atoms with Crippen molar-refractivity contribution in [2.45, 2.75) is 17.3 Å². The Morgan fingerprint density at radius 2 is 2.24 bits per heavy atom. The van der Waals surface area contributed by atoms with Crippen molar-refractivity contribution in [2.24, 2.45) is 0 Å². The average molecular weight is 247 g/mol. The van der Waals surface area contributed by atoms with E-state index in [1.165, 1.54) is 11.8 Å². The SMILES string of the molecule is Cc1nc(Sc2nc3ccc(N)cc3o2)n[nH]1. The number of hydrogen-bond acceptors (Lipinski definition) is 6. The van der Waals surface area contributed by atoms with Gasteiger partial charge in [0.1, 0.15) is 11.3 Å². The lowest BCUT2D eigenvalue weighted by Gasteiger charge is -1.88. The van der Waals surface area contributed by atoms with Crippen LogP contribution in [0.1, 0.15) is 5.82 Å². The summed E-state index contributed by atoms with van der Waals surface area (Å²) in [6.45, 7) is 1.84. The minimum Gasteiger partial charge on any atom is -0.431 e. The van der Waals surface area contributed by atoms with Crippen LogP contribution in [0.3, 0.4) is 0 Å². The van der Waals surface area contributed by atoms with Gasteiger partial charge in [-0.3, -0.25) is 5.10 Å². The quantitative estimate of drug-likeness (QED) is 0.672.